The van der Waals surface area contributed by atoms with Gasteiger partial charge >= 0.3 is 6.03 Å². The van der Waals surface area contributed by atoms with Crippen LogP contribution in [0.3, 0.4) is 0 Å². The lowest BCUT2D eigenvalue weighted by molar-refractivity contribution is -0.120. The molecule has 5 nitrogen and oxygen atoms in total. The zero-order valence-electron chi connectivity index (χ0n) is 14.9. The number of fused-ring (bicyclic) bond motifs is 1. The van der Waals surface area contributed by atoms with Crippen LogP contribution in [0.2, 0.25) is 0 Å². The first-order valence-electron chi connectivity index (χ1n) is 8.23. The number of benzene rings is 1. The number of hydrogen-bond acceptors (Lipinski definition) is 3. The van der Waals surface area contributed by atoms with E-state index in [0.717, 1.165) is 17.9 Å². The summed E-state index contributed by atoms with van der Waals surface area (Å²) >= 11 is 1.64. The van der Waals surface area contributed by atoms with Crippen LogP contribution >= 0.6 is 11.8 Å². The Hall–Kier alpha value is -1.69. The molecule has 0 bridgehead atoms. The second-order valence-electron chi connectivity index (χ2n) is 7.18. The van der Waals surface area contributed by atoms with Gasteiger partial charge in [0.25, 0.3) is 0 Å². The molecule has 0 aromatic heterocycles. The second-order valence-corrected chi connectivity index (χ2v) is 8.16. The quantitative estimate of drug-likeness (QED) is 0.858. The number of nitrogens with one attached hydrogen (secondary N) is 1. The summed E-state index contributed by atoms with van der Waals surface area (Å²) in [6.45, 7) is 7.20. The summed E-state index contributed by atoms with van der Waals surface area (Å²) in [5.41, 5.74) is 8.73. The molecule has 0 saturated heterocycles. The van der Waals surface area contributed by atoms with Gasteiger partial charge in [0.1, 0.15) is 6.04 Å². The molecule has 1 aromatic rings. The van der Waals surface area contributed by atoms with Gasteiger partial charge in [-0.25, -0.2) is 4.79 Å². The molecule has 1 aromatic carbocycles. The van der Waals surface area contributed by atoms with Crippen molar-refractivity contribution in [3.63, 3.8) is 0 Å². The number of nitrogens with zero attached hydrogens (tertiary/aromatic N) is 1. The fourth-order valence-electron chi connectivity index (χ4n) is 2.95. The molecule has 1 aliphatic rings. The molecule has 2 rings (SSSR count). The fraction of sp³-hybridized carbons (Fsp3) is 0.556. The maximum atomic E-state index is 12.9. The summed E-state index contributed by atoms with van der Waals surface area (Å²) in [5.74, 6) is 0.713. The van der Waals surface area contributed by atoms with Gasteiger partial charge in [0, 0.05) is 12.2 Å². The van der Waals surface area contributed by atoms with Gasteiger partial charge in [-0.1, -0.05) is 32.9 Å². The summed E-state index contributed by atoms with van der Waals surface area (Å²) in [7, 11) is 0. The topological polar surface area (TPSA) is 75.4 Å². The molecule has 1 heterocycles. The molecule has 6 heteroatoms. The molecule has 132 valence electrons. The molecule has 3 amide bonds. The predicted octanol–water partition coefficient (Wildman–Crippen LogP) is 2.66. The lowest BCUT2D eigenvalue weighted by Crippen LogP contribution is -2.50. The molecule has 1 aliphatic heterocycles. The van der Waals surface area contributed by atoms with Gasteiger partial charge < -0.3 is 16.0 Å². The van der Waals surface area contributed by atoms with Crippen molar-refractivity contribution in [2.75, 3.05) is 23.5 Å². The SMILES string of the molecule is CSCCC(NC(N)=O)C(=O)N1CCc2cc(C(C)(C)C)ccc21. The zero-order valence-corrected chi connectivity index (χ0v) is 15.7. The van der Waals surface area contributed by atoms with Gasteiger partial charge in [0.2, 0.25) is 5.91 Å². The molecular formula is C18H27N3O2S. The van der Waals surface area contributed by atoms with E-state index in [1.165, 1.54) is 11.1 Å². The Bertz CT molecular complexity index is 625. The van der Waals surface area contributed by atoms with Crippen LogP contribution in [0.4, 0.5) is 10.5 Å². The van der Waals surface area contributed by atoms with E-state index in [1.807, 2.05) is 12.3 Å². The number of primary amides is 1. The second kappa shape index (κ2) is 7.47. The number of rotatable bonds is 5. The van der Waals surface area contributed by atoms with Gasteiger partial charge in [0.15, 0.2) is 0 Å². The van der Waals surface area contributed by atoms with E-state index >= 15 is 0 Å². The summed E-state index contributed by atoms with van der Waals surface area (Å²) < 4.78 is 0. The van der Waals surface area contributed by atoms with E-state index in [2.05, 4.69) is 38.2 Å². The molecule has 24 heavy (non-hydrogen) atoms. The third-order valence-corrected chi connectivity index (χ3v) is 4.98. The number of urea groups is 1. The van der Waals surface area contributed by atoms with Gasteiger partial charge in [-0.05, 0) is 47.5 Å². The Labute approximate surface area is 148 Å². The van der Waals surface area contributed by atoms with Crippen LogP contribution in [0.1, 0.15) is 38.3 Å². The maximum absolute atomic E-state index is 12.9. The van der Waals surface area contributed by atoms with Crippen molar-refractivity contribution in [2.24, 2.45) is 5.73 Å². The normalized spacial score (nSPS) is 15.1. The zero-order chi connectivity index (χ0) is 17.9. The number of thioether (sulfide) groups is 1. The van der Waals surface area contributed by atoms with Crippen LogP contribution in [0.15, 0.2) is 18.2 Å². The number of carbonyl (C=O) groups is 2. The minimum absolute atomic E-state index is 0.0786. The summed E-state index contributed by atoms with van der Waals surface area (Å²) in [4.78, 5) is 25.9. The molecule has 0 spiro atoms. The van der Waals surface area contributed by atoms with Crippen molar-refractivity contribution >= 4 is 29.4 Å². The fourth-order valence-corrected chi connectivity index (χ4v) is 3.42. The first-order valence-corrected chi connectivity index (χ1v) is 9.63. The third-order valence-electron chi connectivity index (χ3n) is 4.33. The Morgan fingerprint density at radius 1 is 1.38 bits per heavy atom. The highest BCUT2D eigenvalue weighted by Crippen LogP contribution is 2.33. The number of nitrogens with two attached hydrogens (primary N) is 1. The molecule has 3 N–H and O–H groups in total. The first-order chi connectivity index (χ1) is 11.2. The van der Waals surface area contributed by atoms with Crippen molar-refractivity contribution in [3.05, 3.63) is 29.3 Å². The van der Waals surface area contributed by atoms with E-state index in [9.17, 15) is 9.59 Å². The van der Waals surface area contributed by atoms with Crippen LogP contribution in [-0.2, 0) is 16.6 Å². The van der Waals surface area contributed by atoms with Crippen LogP contribution in [-0.4, -0.2) is 36.5 Å². The van der Waals surface area contributed by atoms with Crippen LogP contribution in [0, 0.1) is 0 Å². The van der Waals surface area contributed by atoms with E-state index in [1.54, 1.807) is 16.7 Å². The van der Waals surface area contributed by atoms with Crippen molar-refractivity contribution in [2.45, 2.75) is 45.1 Å². The Balaban J connectivity index is 2.22. The van der Waals surface area contributed by atoms with Crippen LogP contribution in [0.25, 0.3) is 0 Å². The molecule has 1 atom stereocenters. The smallest absolute Gasteiger partial charge is 0.312 e. The predicted molar refractivity (Wildman–Crippen MR) is 101 cm³/mol. The minimum atomic E-state index is -0.656. The summed E-state index contributed by atoms with van der Waals surface area (Å²) in [6, 6.07) is 5.08. The van der Waals surface area contributed by atoms with Gasteiger partial charge in [-0.3, -0.25) is 4.79 Å². The number of hydrogen-bond donors (Lipinski definition) is 2. The molecule has 0 saturated carbocycles. The van der Waals surface area contributed by atoms with Crippen molar-refractivity contribution in [3.8, 4) is 0 Å². The van der Waals surface area contributed by atoms with E-state index in [-0.39, 0.29) is 11.3 Å². The summed E-state index contributed by atoms with van der Waals surface area (Å²) in [5, 5.41) is 2.59. The Morgan fingerprint density at radius 3 is 2.67 bits per heavy atom. The lowest BCUT2D eigenvalue weighted by atomic mass is 9.86. The average molecular weight is 350 g/mol. The number of anilines is 1. The van der Waals surface area contributed by atoms with E-state index < -0.39 is 12.1 Å². The Morgan fingerprint density at radius 2 is 2.08 bits per heavy atom. The van der Waals surface area contributed by atoms with E-state index in [0.29, 0.717) is 13.0 Å². The molecular weight excluding hydrogens is 322 g/mol. The van der Waals surface area contributed by atoms with Crippen molar-refractivity contribution in [1.29, 1.82) is 0 Å². The largest absolute Gasteiger partial charge is 0.352 e. The van der Waals surface area contributed by atoms with Crippen molar-refractivity contribution < 1.29 is 9.59 Å². The van der Waals surface area contributed by atoms with Crippen LogP contribution in [0.5, 0.6) is 0 Å². The van der Waals surface area contributed by atoms with Gasteiger partial charge in [-0.2, -0.15) is 11.8 Å². The number of carbonyl (C=O) groups excluding carboxylic acids is 2. The van der Waals surface area contributed by atoms with Crippen LogP contribution < -0.4 is 16.0 Å². The standard InChI is InChI=1S/C18H27N3O2S/c1-18(2,3)13-5-6-15-12(11-13)7-9-21(15)16(22)14(8-10-24-4)20-17(19)23/h5-6,11,14H,7-10H2,1-4H3,(H3,19,20,23). The average Bonchev–Trinajstić information content (AvgIpc) is 2.92. The molecule has 0 fully saturated rings. The molecule has 0 aliphatic carbocycles. The monoisotopic (exact) mass is 349 g/mol. The first kappa shape index (κ1) is 18.6. The highest BCUT2D eigenvalue weighted by Gasteiger charge is 2.31. The molecule has 1 unspecified atom stereocenters. The highest BCUT2D eigenvalue weighted by molar-refractivity contribution is 7.98. The Kier molecular flexibility index (Phi) is 5.80. The lowest BCUT2D eigenvalue weighted by Gasteiger charge is -2.25. The summed E-state index contributed by atoms with van der Waals surface area (Å²) in [6.07, 6.45) is 3.40. The molecule has 0 radical (unpaired) electrons. The maximum Gasteiger partial charge on any atom is 0.312 e. The number of amides is 3. The highest BCUT2D eigenvalue weighted by atomic mass is 32.2. The van der Waals surface area contributed by atoms with Crippen molar-refractivity contribution in [1.82, 2.24) is 5.32 Å². The minimum Gasteiger partial charge on any atom is -0.352 e. The van der Waals surface area contributed by atoms with E-state index in [4.69, 9.17) is 5.73 Å². The third kappa shape index (κ3) is 4.23. The van der Waals surface area contributed by atoms with Gasteiger partial charge in [0.05, 0.1) is 0 Å². The van der Waals surface area contributed by atoms with Gasteiger partial charge in [-0.15, -0.1) is 0 Å².